The molecule has 0 radical (unpaired) electrons. The minimum absolute atomic E-state index is 0.140. The summed E-state index contributed by atoms with van der Waals surface area (Å²) >= 11 is 0. The zero-order chi connectivity index (χ0) is 26.1. The summed E-state index contributed by atoms with van der Waals surface area (Å²) < 4.78 is 32.3. The van der Waals surface area contributed by atoms with Crippen molar-refractivity contribution in [3.05, 3.63) is 89.9 Å². The Morgan fingerprint density at radius 2 is 1.71 bits per heavy atom. The molecule has 2 aliphatic rings. The van der Waals surface area contributed by atoms with Crippen LogP contribution < -0.4 is 14.2 Å². The topological polar surface area (TPSA) is 69.1 Å². The van der Waals surface area contributed by atoms with E-state index < -0.39 is 0 Å². The van der Waals surface area contributed by atoms with Crippen molar-refractivity contribution in [3.63, 3.8) is 0 Å². The third-order valence-corrected chi connectivity index (χ3v) is 6.90. The van der Waals surface area contributed by atoms with Gasteiger partial charge in [-0.3, -0.25) is 9.69 Å². The number of nitrogens with zero attached hydrogens (tertiary/aromatic N) is 4. The molecule has 0 atom stereocenters. The van der Waals surface area contributed by atoms with Crippen molar-refractivity contribution in [1.82, 2.24) is 19.6 Å². The van der Waals surface area contributed by atoms with Gasteiger partial charge in [0.05, 0.1) is 18.5 Å². The molecule has 0 saturated carbocycles. The Hall–Kier alpha value is -4.37. The predicted octanol–water partition coefficient (Wildman–Crippen LogP) is 4.37. The summed E-state index contributed by atoms with van der Waals surface area (Å²) in [6.07, 6.45) is 0. The number of hydrogen-bond donors (Lipinski definition) is 0. The fourth-order valence-electron chi connectivity index (χ4n) is 4.82. The number of rotatable bonds is 6. The SMILES string of the molecule is COc1ccc(-n2nc(-c3ccccc3F)cc2C(=O)N2CCN(Cc3ccc4c(c3)OCO4)CC2)cc1. The van der Waals surface area contributed by atoms with Gasteiger partial charge in [0.25, 0.3) is 5.91 Å². The molecule has 4 aromatic rings. The quantitative estimate of drug-likeness (QED) is 0.381. The largest absolute Gasteiger partial charge is 0.497 e. The van der Waals surface area contributed by atoms with E-state index >= 15 is 0 Å². The standard InChI is InChI=1S/C29H27FN4O4/c1-36-22-9-7-21(8-10-22)34-26(17-25(31-34)23-4-2-3-5-24(23)30)29(35)33-14-12-32(13-15-33)18-20-6-11-27-28(16-20)38-19-37-27/h2-11,16-17H,12-15,18-19H2,1H3. The number of benzene rings is 3. The minimum Gasteiger partial charge on any atom is -0.497 e. The first-order chi connectivity index (χ1) is 18.6. The number of halogens is 1. The lowest BCUT2D eigenvalue weighted by atomic mass is 10.1. The van der Waals surface area contributed by atoms with Crippen LogP contribution in [0.2, 0.25) is 0 Å². The van der Waals surface area contributed by atoms with Gasteiger partial charge < -0.3 is 19.1 Å². The third-order valence-electron chi connectivity index (χ3n) is 6.90. The second-order valence-electron chi connectivity index (χ2n) is 9.26. The smallest absolute Gasteiger partial charge is 0.272 e. The summed E-state index contributed by atoms with van der Waals surface area (Å²) in [6.45, 7) is 3.64. The molecule has 0 spiro atoms. The van der Waals surface area contributed by atoms with E-state index in [0.717, 1.165) is 36.7 Å². The number of fused-ring (bicyclic) bond motifs is 1. The van der Waals surface area contributed by atoms with Crippen molar-refractivity contribution >= 4 is 5.91 Å². The van der Waals surface area contributed by atoms with Crippen LogP contribution in [0.4, 0.5) is 4.39 Å². The van der Waals surface area contributed by atoms with E-state index in [2.05, 4.69) is 10.00 Å². The number of aromatic nitrogens is 2. The zero-order valence-corrected chi connectivity index (χ0v) is 21.0. The summed E-state index contributed by atoms with van der Waals surface area (Å²) in [5.41, 5.74) is 2.98. The van der Waals surface area contributed by atoms with Gasteiger partial charge in [0.2, 0.25) is 6.79 Å². The maximum absolute atomic E-state index is 14.6. The van der Waals surface area contributed by atoms with Gasteiger partial charge in [0.15, 0.2) is 11.5 Å². The summed E-state index contributed by atoms with van der Waals surface area (Å²) in [7, 11) is 1.60. The molecule has 1 saturated heterocycles. The highest BCUT2D eigenvalue weighted by molar-refractivity contribution is 5.94. The second-order valence-corrected chi connectivity index (χ2v) is 9.26. The van der Waals surface area contributed by atoms with Gasteiger partial charge in [-0.1, -0.05) is 18.2 Å². The molecule has 1 fully saturated rings. The maximum Gasteiger partial charge on any atom is 0.272 e. The number of hydrogen-bond acceptors (Lipinski definition) is 6. The van der Waals surface area contributed by atoms with Crippen LogP contribution in [0.5, 0.6) is 17.2 Å². The first-order valence-corrected chi connectivity index (χ1v) is 12.5. The van der Waals surface area contributed by atoms with Crippen LogP contribution in [-0.2, 0) is 6.54 Å². The molecular formula is C29H27FN4O4. The fraction of sp³-hybridized carbons (Fsp3) is 0.241. The monoisotopic (exact) mass is 514 g/mol. The van der Waals surface area contributed by atoms with Crippen LogP contribution in [0.1, 0.15) is 16.1 Å². The lowest BCUT2D eigenvalue weighted by Gasteiger charge is -2.34. The van der Waals surface area contributed by atoms with Gasteiger partial charge >= 0.3 is 0 Å². The molecule has 8 nitrogen and oxygen atoms in total. The number of carbonyl (C=O) groups excluding carboxylic acids is 1. The molecule has 3 heterocycles. The van der Waals surface area contributed by atoms with Crippen LogP contribution >= 0.6 is 0 Å². The average Bonchev–Trinajstić information content (AvgIpc) is 3.61. The van der Waals surface area contributed by atoms with E-state index in [-0.39, 0.29) is 18.5 Å². The number of amides is 1. The zero-order valence-electron chi connectivity index (χ0n) is 21.0. The van der Waals surface area contributed by atoms with Gasteiger partial charge in [-0.15, -0.1) is 0 Å². The number of methoxy groups -OCH3 is 1. The maximum atomic E-state index is 14.6. The average molecular weight is 515 g/mol. The van der Waals surface area contributed by atoms with Crippen molar-refractivity contribution in [3.8, 4) is 34.2 Å². The van der Waals surface area contributed by atoms with Crippen LogP contribution in [0, 0.1) is 5.82 Å². The van der Waals surface area contributed by atoms with Crippen molar-refractivity contribution in [2.24, 2.45) is 0 Å². The van der Waals surface area contributed by atoms with Gasteiger partial charge in [-0.2, -0.15) is 5.10 Å². The lowest BCUT2D eigenvalue weighted by Crippen LogP contribution is -2.48. The Bertz CT molecular complexity index is 1460. The molecule has 194 valence electrons. The Morgan fingerprint density at radius 3 is 2.47 bits per heavy atom. The molecule has 0 N–H and O–H groups in total. The number of piperazine rings is 1. The van der Waals surface area contributed by atoms with Crippen LogP contribution in [0.15, 0.2) is 72.8 Å². The van der Waals surface area contributed by atoms with E-state index in [0.29, 0.717) is 41.5 Å². The van der Waals surface area contributed by atoms with Crippen LogP contribution in [0.3, 0.4) is 0 Å². The molecule has 3 aromatic carbocycles. The molecule has 9 heteroatoms. The van der Waals surface area contributed by atoms with Crippen molar-refractivity contribution in [2.75, 3.05) is 40.1 Å². The van der Waals surface area contributed by atoms with E-state index in [4.69, 9.17) is 14.2 Å². The Labute approximate surface area is 219 Å². The lowest BCUT2D eigenvalue weighted by molar-refractivity contribution is 0.0619. The molecule has 0 aliphatic carbocycles. The summed E-state index contributed by atoms with van der Waals surface area (Å²) in [5, 5.41) is 4.64. The molecule has 38 heavy (non-hydrogen) atoms. The van der Waals surface area contributed by atoms with Crippen LogP contribution in [-0.4, -0.2) is 65.6 Å². The molecule has 0 bridgehead atoms. The molecular weight excluding hydrogens is 487 g/mol. The van der Waals surface area contributed by atoms with Gasteiger partial charge in [-0.05, 0) is 60.2 Å². The summed E-state index contributed by atoms with van der Waals surface area (Å²) in [5.74, 6) is 1.71. The van der Waals surface area contributed by atoms with Gasteiger partial charge in [0.1, 0.15) is 17.3 Å². The molecule has 6 rings (SSSR count). The highest BCUT2D eigenvalue weighted by Crippen LogP contribution is 2.33. The van der Waals surface area contributed by atoms with Crippen molar-refractivity contribution in [1.29, 1.82) is 0 Å². The normalized spacial score (nSPS) is 15.1. The number of carbonyl (C=O) groups is 1. The van der Waals surface area contributed by atoms with Gasteiger partial charge in [0, 0.05) is 38.3 Å². The van der Waals surface area contributed by atoms with Crippen molar-refractivity contribution in [2.45, 2.75) is 6.54 Å². The third kappa shape index (κ3) is 4.68. The molecule has 0 unspecified atom stereocenters. The van der Waals surface area contributed by atoms with E-state index in [1.807, 2.05) is 47.4 Å². The molecule has 1 aromatic heterocycles. The summed E-state index contributed by atoms with van der Waals surface area (Å²) in [6, 6.07) is 21.4. The molecule has 2 aliphatic heterocycles. The Morgan fingerprint density at radius 1 is 0.947 bits per heavy atom. The predicted molar refractivity (Wildman–Crippen MR) is 139 cm³/mol. The Balaban J connectivity index is 1.22. The van der Waals surface area contributed by atoms with Gasteiger partial charge in [-0.25, -0.2) is 9.07 Å². The summed E-state index contributed by atoms with van der Waals surface area (Å²) in [4.78, 5) is 17.9. The minimum atomic E-state index is -0.386. The van der Waals surface area contributed by atoms with Crippen molar-refractivity contribution < 1.29 is 23.4 Å². The van der Waals surface area contributed by atoms with E-state index in [1.54, 1.807) is 36.1 Å². The van der Waals surface area contributed by atoms with E-state index in [1.165, 1.54) is 6.07 Å². The van der Waals surface area contributed by atoms with E-state index in [9.17, 15) is 9.18 Å². The first kappa shape index (κ1) is 24.0. The first-order valence-electron chi connectivity index (χ1n) is 12.5. The number of ether oxygens (including phenoxy) is 3. The van der Waals surface area contributed by atoms with Crippen LogP contribution in [0.25, 0.3) is 16.9 Å². The second kappa shape index (κ2) is 10.2. The fourth-order valence-corrected chi connectivity index (χ4v) is 4.82. The molecule has 1 amide bonds. The highest BCUT2D eigenvalue weighted by Gasteiger charge is 2.27. The highest BCUT2D eigenvalue weighted by atomic mass is 19.1. The Kier molecular flexibility index (Phi) is 6.43.